The van der Waals surface area contributed by atoms with Crippen molar-refractivity contribution in [1.82, 2.24) is 23.9 Å². The number of carbonyl (C=O) groups is 1. The number of oxazole rings is 1. The predicted octanol–water partition coefficient (Wildman–Crippen LogP) is 1.51. The zero-order chi connectivity index (χ0) is 26.2. The molecular weight excluding hydrogens is 502 g/mol. The summed E-state index contributed by atoms with van der Waals surface area (Å²) in [6.45, 7) is 2.19. The standard InChI is InChI=1S/C24H31N5O7S/c1-27(37(32,33)18-5-6-19-20(13-18)35-24(31)28(19)2)15-22(30)29-9-3-4-16(14-29)12-21-25-23(26-36-21)17-7-10-34-11-8-17/h5-6,13,16-17H,3-4,7-12,14-15H2,1-2H3. The summed E-state index contributed by atoms with van der Waals surface area (Å²) in [6, 6.07) is 4.23. The summed E-state index contributed by atoms with van der Waals surface area (Å²) in [6.07, 6.45) is 4.09. The van der Waals surface area contributed by atoms with Crippen LogP contribution in [-0.4, -0.2) is 78.1 Å². The maximum atomic E-state index is 13.1. The van der Waals surface area contributed by atoms with Gasteiger partial charge in [0.2, 0.25) is 21.8 Å². The van der Waals surface area contributed by atoms with Gasteiger partial charge in [-0.1, -0.05) is 5.16 Å². The molecule has 37 heavy (non-hydrogen) atoms. The lowest BCUT2D eigenvalue weighted by atomic mass is 9.94. The average molecular weight is 534 g/mol. The molecule has 0 bridgehead atoms. The van der Waals surface area contributed by atoms with Gasteiger partial charge >= 0.3 is 5.76 Å². The molecule has 1 amide bonds. The summed E-state index contributed by atoms with van der Waals surface area (Å²) in [4.78, 5) is 31.0. The third kappa shape index (κ3) is 5.34. The Morgan fingerprint density at radius 2 is 2.00 bits per heavy atom. The SMILES string of the molecule is CN(CC(=O)N1CCCC(Cc2nc(C3CCOCC3)no2)C1)S(=O)(=O)c1ccc2c(c1)oc(=O)n2C. The van der Waals surface area contributed by atoms with E-state index in [-0.39, 0.29) is 34.8 Å². The molecule has 0 saturated carbocycles. The van der Waals surface area contributed by atoms with Crippen molar-refractivity contribution in [1.29, 1.82) is 0 Å². The number of sulfonamides is 1. The molecule has 1 aromatic carbocycles. The highest BCUT2D eigenvalue weighted by Gasteiger charge is 2.30. The molecule has 1 atom stereocenters. The van der Waals surface area contributed by atoms with Crippen LogP contribution in [0.3, 0.4) is 0 Å². The number of aromatic nitrogens is 3. The highest BCUT2D eigenvalue weighted by atomic mass is 32.2. The molecule has 0 aliphatic carbocycles. The van der Waals surface area contributed by atoms with E-state index in [1.807, 2.05) is 0 Å². The molecule has 1 unspecified atom stereocenters. The van der Waals surface area contributed by atoms with Gasteiger partial charge in [0.15, 0.2) is 11.4 Å². The molecule has 2 fully saturated rings. The van der Waals surface area contributed by atoms with Crippen molar-refractivity contribution in [3.05, 3.63) is 40.5 Å². The van der Waals surface area contributed by atoms with Gasteiger partial charge in [-0.05, 0) is 43.7 Å². The third-order valence-corrected chi connectivity index (χ3v) is 9.03. The Kier molecular flexibility index (Phi) is 7.19. The molecule has 4 heterocycles. The molecule has 0 spiro atoms. The molecule has 0 N–H and O–H groups in total. The van der Waals surface area contributed by atoms with Crippen LogP contribution in [0.2, 0.25) is 0 Å². The number of hydrogen-bond acceptors (Lipinski definition) is 9. The Labute approximate surface area is 214 Å². The maximum absolute atomic E-state index is 13.1. The van der Waals surface area contributed by atoms with E-state index in [1.54, 1.807) is 11.9 Å². The van der Waals surface area contributed by atoms with Crippen molar-refractivity contribution in [2.45, 2.75) is 42.9 Å². The Morgan fingerprint density at radius 1 is 1.22 bits per heavy atom. The Hall–Kier alpha value is -3.03. The zero-order valence-corrected chi connectivity index (χ0v) is 21.8. The molecular formula is C24H31N5O7S. The predicted molar refractivity (Wildman–Crippen MR) is 131 cm³/mol. The van der Waals surface area contributed by atoms with E-state index in [9.17, 15) is 18.0 Å². The minimum Gasteiger partial charge on any atom is -0.408 e. The normalized spacial score (nSPS) is 19.6. The second-order valence-corrected chi connectivity index (χ2v) is 11.8. The van der Waals surface area contributed by atoms with Crippen LogP contribution in [0, 0.1) is 5.92 Å². The maximum Gasteiger partial charge on any atom is 0.419 e. The fourth-order valence-electron chi connectivity index (χ4n) is 5.01. The van der Waals surface area contributed by atoms with Crippen LogP contribution in [0.15, 0.2) is 36.8 Å². The van der Waals surface area contributed by atoms with E-state index >= 15 is 0 Å². The quantitative estimate of drug-likeness (QED) is 0.442. The number of rotatable bonds is 7. The number of hydrogen-bond donors (Lipinski definition) is 0. The minimum atomic E-state index is -3.97. The molecule has 13 heteroatoms. The Morgan fingerprint density at radius 3 is 2.78 bits per heavy atom. The molecule has 2 aliphatic rings. The summed E-state index contributed by atoms with van der Waals surface area (Å²) in [5.41, 5.74) is 0.663. The molecule has 200 valence electrons. The van der Waals surface area contributed by atoms with Gasteiger partial charge in [0.25, 0.3) is 0 Å². The highest BCUT2D eigenvalue weighted by Crippen LogP contribution is 2.26. The number of likely N-dealkylation sites (tertiary alicyclic amines) is 1. The van der Waals surface area contributed by atoms with Gasteiger partial charge in [0, 0.05) is 58.8 Å². The number of nitrogens with zero attached hydrogens (tertiary/aromatic N) is 5. The molecule has 0 radical (unpaired) electrons. The Balaban J connectivity index is 1.20. The van der Waals surface area contributed by atoms with E-state index in [0.29, 0.717) is 44.1 Å². The smallest absolute Gasteiger partial charge is 0.408 e. The van der Waals surface area contributed by atoms with Gasteiger partial charge in [-0.2, -0.15) is 9.29 Å². The lowest BCUT2D eigenvalue weighted by Gasteiger charge is -2.33. The van der Waals surface area contributed by atoms with Crippen LogP contribution in [0.5, 0.6) is 0 Å². The van der Waals surface area contributed by atoms with E-state index in [0.717, 1.165) is 35.8 Å². The van der Waals surface area contributed by atoms with Crippen molar-refractivity contribution in [3.63, 3.8) is 0 Å². The number of aryl methyl sites for hydroxylation is 1. The largest absolute Gasteiger partial charge is 0.419 e. The molecule has 5 rings (SSSR count). The first-order valence-corrected chi connectivity index (χ1v) is 13.9. The molecule has 12 nitrogen and oxygen atoms in total. The van der Waals surface area contributed by atoms with Gasteiger partial charge in [-0.3, -0.25) is 9.36 Å². The van der Waals surface area contributed by atoms with Crippen LogP contribution in [0.1, 0.15) is 43.3 Å². The monoisotopic (exact) mass is 533 g/mol. The minimum absolute atomic E-state index is 0.0436. The van der Waals surface area contributed by atoms with E-state index in [4.69, 9.17) is 13.7 Å². The summed E-state index contributed by atoms with van der Waals surface area (Å²) in [5.74, 6) is 0.868. The van der Waals surface area contributed by atoms with Gasteiger partial charge < -0.3 is 18.6 Å². The topological polar surface area (TPSA) is 141 Å². The molecule has 2 aromatic heterocycles. The van der Waals surface area contributed by atoms with Crippen molar-refractivity contribution in [3.8, 4) is 0 Å². The number of likely N-dealkylation sites (N-methyl/N-ethyl adjacent to an activating group) is 1. The fraction of sp³-hybridized carbons (Fsp3) is 0.583. The van der Waals surface area contributed by atoms with E-state index in [2.05, 4.69) is 10.1 Å². The van der Waals surface area contributed by atoms with E-state index < -0.39 is 15.8 Å². The average Bonchev–Trinajstić information content (AvgIpc) is 3.48. The Bertz CT molecular complexity index is 1440. The van der Waals surface area contributed by atoms with Crippen molar-refractivity contribution in [2.24, 2.45) is 13.0 Å². The lowest BCUT2D eigenvalue weighted by molar-refractivity contribution is -0.133. The number of benzene rings is 1. The van der Waals surface area contributed by atoms with Crippen LogP contribution in [0.4, 0.5) is 0 Å². The number of fused-ring (bicyclic) bond motifs is 1. The first kappa shape index (κ1) is 25.6. The molecule has 2 aliphatic heterocycles. The van der Waals surface area contributed by atoms with Gasteiger partial charge in [-0.15, -0.1) is 0 Å². The number of ether oxygens (including phenoxy) is 1. The first-order chi connectivity index (χ1) is 17.7. The fourth-order valence-corrected chi connectivity index (χ4v) is 6.14. The highest BCUT2D eigenvalue weighted by molar-refractivity contribution is 7.89. The summed E-state index contributed by atoms with van der Waals surface area (Å²) >= 11 is 0. The van der Waals surface area contributed by atoms with Crippen molar-refractivity contribution < 1.29 is 26.9 Å². The number of carbonyl (C=O) groups excluding carboxylic acids is 1. The van der Waals surface area contributed by atoms with E-state index in [1.165, 1.54) is 29.8 Å². The van der Waals surface area contributed by atoms with Crippen LogP contribution in [0.25, 0.3) is 11.1 Å². The summed E-state index contributed by atoms with van der Waals surface area (Å²) in [7, 11) is -1.05. The van der Waals surface area contributed by atoms with Crippen LogP contribution >= 0.6 is 0 Å². The summed E-state index contributed by atoms with van der Waals surface area (Å²) < 4.78 is 44.6. The number of amides is 1. The zero-order valence-electron chi connectivity index (χ0n) is 21.0. The molecule has 2 saturated heterocycles. The first-order valence-electron chi connectivity index (χ1n) is 12.5. The second kappa shape index (κ2) is 10.4. The number of piperidine rings is 1. The second-order valence-electron chi connectivity index (χ2n) is 9.80. The lowest BCUT2D eigenvalue weighted by Crippen LogP contribution is -2.45. The van der Waals surface area contributed by atoms with Crippen LogP contribution in [-0.2, 0) is 33.0 Å². The molecule has 3 aromatic rings. The van der Waals surface area contributed by atoms with Gasteiger partial charge in [0.05, 0.1) is 17.0 Å². The van der Waals surface area contributed by atoms with Crippen molar-refractivity contribution >= 4 is 27.0 Å². The summed E-state index contributed by atoms with van der Waals surface area (Å²) in [5, 5.41) is 4.16. The van der Waals surface area contributed by atoms with Gasteiger partial charge in [-0.25, -0.2) is 13.2 Å². The van der Waals surface area contributed by atoms with Crippen molar-refractivity contribution in [2.75, 3.05) is 39.9 Å². The van der Waals surface area contributed by atoms with Crippen LogP contribution < -0.4 is 5.76 Å². The van der Waals surface area contributed by atoms with Gasteiger partial charge in [0.1, 0.15) is 0 Å². The third-order valence-electron chi connectivity index (χ3n) is 7.24.